The highest BCUT2D eigenvalue weighted by Gasteiger charge is 2.23. The monoisotopic (exact) mass is 320 g/mol. The SMILES string of the molecule is Cc1c(C(=O)N(C)CC(=O)NC(C)(C)C)oc2ccc(F)cc12. The van der Waals surface area contributed by atoms with Crippen molar-refractivity contribution < 1.29 is 18.4 Å². The number of hydrogen-bond donors (Lipinski definition) is 1. The summed E-state index contributed by atoms with van der Waals surface area (Å²) < 4.78 is 18.9. The van der Waals surface area contributed by atoms with Gasteiger partial charge in [-0.25, -0.2) is 4.39 Å². The minimum atomic E-state index is -0.414. The second-order valence-electron chi connectivity index (χ2n) is 6.66. The first-order valence-corrected chi connectivity index (χ1v) is 7.33. The van der Waals surface area contributed by atoms with Gasteiger partial charge in [-0.15, -0.1) is 0 Å². The van der Waals surface area contributed by atoms with Crippen molar-refractivity contribution in [3.8, 4) is 0 Å². The van der Waals surface area contributed by atoms with Crippen LogP contribution < -0.4 is 5.32 Å². The van der Waals surface area contributed by atoms with E-state index in [4.69, 9.17) is 4.42 Å². The molecule has 0 unspecified atom stereocenters. The number of hydrogen-bond acceptors (Lipinski definition) is 3. The van der Waals surface area contributed by atoms with E-state index in [-0.39, 0.29) is 23.8 Å². The van der Waals surface area contributed by atoms with E-state index in [1.54, 1.807) is 6.92 Å². The molecule has 0 saturated carbocycles. The maximum atomic E-state index is 13.3. The van der Waals surface area contributed by atoms with Crippen molar-refractivity contribution >= 4 is 22.8 Å². The third kappa shape index (κ3) is 3.88. The lowest BCUT2D eigenvalue weighted by Gasteiger charge is -2.23. The zero-order valence-electron chi connectivity index (χ0n) is 14.0. The van der Waals surface area contributed by atoms with Crippen LogP contribution in [0.4, 0.5) is 4.39 Å². The number of amides is 2. The van der Waals surface area contributed by atoms with Crippen LogP contribution in [-0.2, 0) is 4.79 Å². The van der Waals surface area contributed by atoms with Crippen molar-refractivity contribution in [1.82, 2.24) is 10.2 Å². The molecule has 23 heavy (non-hydrogen) atoms. The van der Waals surface area contributed by atoms with Crippen LogP contribution in [0.15, 0.2) is 22.6 Å². The molecule has 1 aromatic heterocycles. The number of halogens is 1. The van der Waals surface area contributed by atoms with Gasteiger partial charge in [-0.05, 0) is 45.9 Å². The molecule has 2 amide bonds. The number of carbonyl (C=O) groups is 2. The van der Waals surface area contributed by atoms with Gasteiger partial charge in [0.2, 0.25) is 5.91 Å². The van der Waals surface area contributed by atoms with Gasteiger partial charge in [-0.3, -0.25) is 9.59 Å². The number of fused-ring (bicyclic) bond motifs is 1. The predicted octanol–water partition coefficient (Wildman–Crippen LogP) is 2.87. The third-order valence-electron chi connectivity index (χ3n) is 3.33. The molecule has 1 heterocycles. The van der Waals surface area contributed by atoms with Crippen molar-refractivity contribution in [2.75, 3.05) is 13.6 Å². The lowest BCUT2D eigenvalue weighted by molar-refractivity contribution is -0.122. The summed E-state index contributed by atoms with van der Waals surface area (Å²) in [7, 11) is 1.53. The first kappa shape index (κ1) is 17.0. The normalized spacial score (nSPS) is 11.6. The number of rotatable bonds is 3. The fourth-order valence-electron chi connectivity index (χ4n) is 2.32. The van der Waals surface area contributed by atoms with Crippen LogP contribution in [0.2, 0.25) is 0 Å². The van der Waals surface area contributed by atoms with Crippen LogP contribution in [0.3, 0.4) is 0 Å². The van der Waals surface area contributed by atoms with Crippen LogP contribution in [0.25, 0.3) is 11.0 Å². The smallest absolute Gasteiger partial charge is 0.290 e. The summed E-state index contributed by atoms with van der Waals surface area (Å²) in [6, 6.07) is 4.10. The lowest BCUT2D eigenvalue weighted by Crippen LogP contribution is -2.46. The Hall–Kier alpha value is -2.37. The second kappa shape index (κ2) is 6.02. The van der Waals surface area contributed by atoms with Gasteiger partial charge in [0.05, 0.1) is 6.54 Å². The Morgan fingerprint density at radius 3 is 2.57 bits per heavy atom. The Bertz CT molecular complexity index is 759. The number of furan rings is 1. The second-order valence-corrected chi connectivity index (χ2v) is 6.66. The predicted molar refractivity (Wildman–Crippen MR) is 85.8 cm³/mol. The zero-order chi connectivity index (χ0) is 17.4. The molecule has 0 saturated heterocycles. The maximum Gasteiger partial charge on any atom is 0.290 e. The summed E-state index contributed by atoms with van der Waals surface area (Å²) in [5.41, 5.74) is 0.640. The maximum absolute atomic E-state index is 13.3. The minimum Gasteiger partial charge on any atom is -0.451 e. The van der Waals surface area contributed by atoms with Gasteiger partial charge < -0.3 is 14.6 Å². The summed E-state index contributed by atoms with van der Waals surface area (Å²) in [6.07, 6.45) is 0. The average molecular weight is 320 g/mol. The largest absolute Gasteiger partial charge is 0.451 e. The minimum absolute atomic E-state index is 0.0824. The van der Waals surface area contributed by atoms with Gasteiger partial charge in [0, 0.05) is 23.5 Å². The van der Waals surface area contributed by atoms with Crippen molar-refractivity contribution in [3.63, 3.8) is 0 Å². The molecule has 0 radical (unpaired) electrons. The van der Waals surface area contributed by atoms with Crippen LogP contribution in [-0.4, -0.2) is 35.8 Å². The van der Waals surface area contributed by atoms with E-state index in [1.807, 2.05) is 20.8 Å². The van der Waals surface area contributed by atoms with Crippen LogP contribution >= 0.6 is 0 Å². The summed E-state index contributed by atoms with van der Waals surface area (Å²) in [5.74, 6) is -0.939. The van der Waals surface area contributed by atoms with E-state index >= 15 is 0 Å². The molecule has 0 aliphatic heterocycles. The molecule has 0 spiro atoms. The van der Waals surface area contributed by atoms with Crippen molar-refractivity contribution in [2.24, 2.45) is 0 Å². The Morgan fingerprint density at radius 1 is 1.30 bits per heavy atom. The topological polar surface area (TPSA) is 62.6 Å². The molecule has 0 atom stereocenters. The first-order chi connectivity index (χ1) is 10.6. The standard InChI is InChI=1S/C17H21FN2O3/c1-10-12-8-11(18)6-7-13(12)23-15(10)16(22)20(5)9-14(21)19-17(2,3)4/h6-8H,9H2,1-5H3,(H,19,21). The van der Waals surface area contributed by atoms with Crippen LogP contribution in [0.5, 0.6) is 0 Å². The molecular weight excluding hydrogens is 299 g/mol. The molecule has 1 aromatic carbocycles. The molecule has 0 fully saturated rings. The Balaban J connectivity index is 2.20. The molecule has 0 aliphatic carbocycles. The van der Waals surface area contributed by atoms with E-state index < -0.39 is 11.7 Å². The third-order valence-corrected chi connectivity index (χ3v) is 3.33. The van der Waals surface area contributed by atoms with Gasteiger partial charge >= 0.3 is 0 Å². The molecule has 6 heteroatoms. The molecular formula is C17H21FN2O3. The van der Waals surface area contributed by atoms with Gasteiger partial charge in [0.25, 0.3) is 5.91 Å². The fraction of sp³-hybridized carbons (Fsp3) is 0.412. The lowest BCUT2D eigenvalue weighted by atomic mass is 10.1. The highest BCUT2D eigenvalue weighted by molar-refractivity contribution is 6.00. The summed E-state index contributed by atoms with van der Waals surface area (Å²) in [6.45, 7) is 7.21. The zero-order valence-corrected chi connectivity index (χ0v) is 14.0. The number of nitrogens with one attached hydrogen (secondary N) is 1. The fourth-order valence-corrected chi connectivity index (χ4v) is 2.32. The van der Waals surface area contributed by atoms with Gasteiger partial charge in [-0.2, -0.15) is 0 Å². The molecule has 5 nitrogen and oxygen atoms in total. The number of likely N-dealkylation sites (N-methyl/N-ethyl adjacent to an activating group) is 1. The highest BCUT2D eigenvalue weighted by atomic mass is 19.1. The highest BCUT2D eigenvalue weighted by Crippen LogP contribution is 2.26. The molecule has 1 N–H and O–H groups in total. The van der Waals surface area contributed by atoms with E-state index in [9.17, 15) is 14.0 Å². The molecule has 0 aliphatic rings. The van der Waals surface area contributed by atoms with Crippen LogP contribution in [0, 0.1) is 12.7 Å². The molecule has 2 rings (SSSR count). The molecule has 2 aromatic rings. The van der Waals surface area contributed by atoms with Gasteiger partial charge in [-0.1, -0.05) is 0 Å². The average Bonchev–Trinajstić information content (AvgIpc) is 2.73. The first-order valence-electron chi connectivity index (χ1n) is 7.33. The van der Waals surface area contributed by atoms with Crippen molar-refractivity contribution in [1.29, 1.82) is 0 Å². The summed E-state index contributed by atoms with van der Waals surface area (Å²) in [4.78, 5) is 25.7. The summed E-state index contributed by atoms with van der Waals surface area (Å²) >= 11 is 0. The van der Waals surface area contributed by atoms with E-state index in [1.165, 1.54) is 30.1 Å². The Morgan fingerprint density at radius 2 is 1.96 bits per heavy atom. The van der Waals surface area contributed by atoms with Gasteiger partial charge in [0.1, 0.15) is 11.4 Å². The summed E-state index contributed by atoms with van der Waals surface area (Å²) in [5, 5.41) is 3.35. The number of aryl methyl sites for hydroxylation is 1. The quantitative estimate of drug-likeness (QED) is 0.946. The van der Waals surface area contributed by atoms with Crippen molar-refractivity contribution in [3.05, 3.63) is 35.3 Å². The van der Waals surface area contributed by atoms with E-state index in [0.717, 1.165) is 0 Å². The van der Waals surface area contributed by atoms with Gasteiger partial charge in [0.15, 0.2) is 5.76 Å². The molecule has 124 valence electrons. The van der Waals surface area contributed by atoms with E-state index in [0.29, 0.717) is 16.5 Å². The number of carbonyl (C=O) groups excluding carboxylic acids is 2. The number of benzene rings is 1. The molecule has 0 bridgehead atoms. The van der Waals surface area contributed by atoms with Crippen LogP contribution in [0.1, 0.15) is 36.9 Å². The Labute approximate surface area is 134 Å². The van der Waals surface area contributed by atoms with E-state index in [2.05, 4.69) is 5.32 Å². The Kier molecular flexibility index (Phi) is 4.45. The number of nitrogens with zero attached hydrogens (tertiary/aromatic N) is 1. The van der Waals surface area contributed by atoms with Crippen molar-refractivity contribution in [2.45, 2.75) is 33.2 Å².